The van der Waals surface area contributed by atoms with Crippen LogP contribution in [0, 0.1) is 5.82 Å². The number of carbonyl (C=O) groups is 2. The van der Waals surface area contributed by atoms with Crippen LogP contribution in [0.25, 0.3) is 0 Å². The molecule has 0 bridgehead atoms. The fraction of sp³-hybridized carbons (Fsp3) is 0.300. The highest BCUT2D eigenvalue weighted by Gasteiger charge is 2.21. The number of likely N-dealkylation sites (N-methyl/N-ethyl adjacent to an activating group) is 1. The molecular formula is C20H23ClFN3O4S. The van der Waals surface area contributed by atoms with Crippen molar-refractivity contribution in [2.24, 2.45) is 0 Å². The van der Waals surface area contributed by atoms with Gasteiger partial charge in [0.05, 0.1) is 22.2 Å². The lowest BCUT2D eigenvalue weighted by Gasteiger charge is -2.23. The molecule has 7 nitrogen and oxygen atoms in total. The first-order valence-corrected chi connectivity index (χ1v) is 10.8. The lowest BCUT2D eigenvalue weighted by Crippen LogP contribution is -2.46. The van der Waals surface area contributed by atoms with Gasteiger partial charge >= 0.3 is 0 Å². The Labute approximate surface area is 180 Å². The van der Waals surface area contributed by atoms with Crippen molar-refractivity contribution in [2.45, 2.75) is 31.2 Å². The maximum absolute atomic E-state index is 13.1. The number of halogens is 2. The summed E-state index contributed by atoms with van der Waals surface area (Å²) in [5.74, 6) is -1.39. The van der Waals surface area contributed by atoms with Gasteiger partial charge in [0.15, 0.2) is 0 Å². The van der Waals surface area contributed by atoms with Gasteiger partial charge in [-0.1, -0.05) is 11.6 Å². The van der Waals surface area contributed by atoms with Gasteiger partial charge in [-0.25, -0.2) is 12.8 Å². The van der Waals surface area contributed by atoms with Crippen molar-refractivity contribution in [2.75, 3.05) is 18.3 Å². The van der Waals surface area contributed by atoms with E-state index < -0.39 is 27.3 Å². The van der Waals surface area contributed by atoms with E-state index in [1.54, 1.807) is 0 Å². The molecule has 0 saturated heterocycles. The summed E-state index contributed by atoms with van der Waals surface area (Å²) in [7, 11) is -2.58. The van der Waals surface area contributed by atoms with Crippen molar-refractivity contribution in [3.8, 4) is 0 Å². The largest absolute Gasteiger partial charge is 0.350 e. The van der Waals surface area contributed by atoms with Crippen molar-refractivity contribution in [1.29, 1.82) is 0 Å². The van der Waals surface area contributed by atoms with Crippen LogP contribution in [-0.2, 0) is 14.8 Å². The number of sulfonamides is 1. The zero-order valence-electron chi connectivity index (χ0n) is 17.0. The number of amides is 2. The van der Waals surface area contributed by atoms with Gasteiger partial charge in [0, 0.05) is 18.2 Å². The van der Waals surface area contributed by atoms with Gasteiger partial charge in [0.2, 0.25) is 5.91 Å². The smallest absolute Gasteiger partial charge is 0.261 e. The molecule has 30 heavy (non-hydrogen) atoms. The average Bonchev–Trinajstić information content (AvgIpc) is 2.61. The molecule has 0 aliphatic carbocycles. The molecule has 2 aromatic carbocycles. The van der Waals surface area contributed by atoms with Crippen molar-refractivity contribution < 1.29 is 22.4 Å². The molecule has 0 heterocycles. The second-order valence-electron chi connectivity index (χ2n) is 7.71. The Morgan fingerprint density at radius 3 is 2.27 bits per heavy atom. The fourth-order valence-corrected chi connectivity index (χ4v) is 3.81. The molecule has 0 saturated carbocycles. The second kappa shape index (κ2) is 9.01. The van der Waals surface area contributed by atoms with Gasteiger partial charge in [-0.15, -0.1) is 0 Å². The molecule has 0 radical (unpaired) electrons. The molecule has 162 valence electrons. The predicted molar refractivity (Wildman–Crippen MR) is 114 cm³/mol. The van der Waals surface area contributed by atoms with E-state index in [9.17, 15) is 22.4 Å². The van der Waals surface area contributed by atoms with Gasteiger partial charge in [0.25, 0.3) is 15.9 Å². The van der Waals surface area contributed by atoms with Crippen molar-refractivity contribution >= 4 is 39.1 Å². The summed E-state index contributed by atoms with van der Waals surface area (Å²) in [6, 6.07) is 8.36. The van der Waals surface area contributed by atoms with Crippen LogP contribution in [0.5, 0.6) is 0 Å². The number of hydrogen-bond donors (Lipinski definition) is 2. The van der Waals surface area contributed by atoms with Crippen LogP contribution in [0.4, 0.5) is 10.1 Å². The Bertz CT molecular complexity index is 1050. The molecule has 2 N–H and O–H groups in total. The van der Waals surface area contributed by atoms with Gasteiger partial charge in [0.1, 0.15) is 5.82 Å². The number of rotatable bonds is 6. The Morgan fingerprint density at radius 2 is 1.70 bits per heavy atom. The molecule has 0 spiro atoms. The zero-order valence-corrected chi connectivity index (χ0v) is 18.6. The van der Waals surface area contributed by atoms with E-state index in [1.807, 2.05) is 20.8 Å². The lowest BCUT2D eigenvalue weighted by molar-refractivity contribution is -0.122. The Morgan fingerprint density at radius 1 is 1.10 bits per heavy atom. The van der Waals surface area contributed by atoms with Crippen LogP contribution in [0.3, 0.4) is 0 Å². The number of carbonyl (C=O) groups excluding carboxylic acids is 2. The number of anilines is 1. The number of hydrogen-bond acceptors (Lipinski definition) is 4. The molecule has 2 rings (SSSR count). The van der Waals surface area contributed by atoms with E-state index in [1.165, 1.54) is 30.1 Å². The zero-order chi connectivity index (χ0) is 22.7. The molecule has 10 heteroatoms. The number of nitrogens with zero attached hydrogens (tertiary/aromatic N) is 1. The van der Waals surface area contributed by atoms with Gasteiger partial charge in [-0.3, -0.25) is 14.3 Å². The summed E-state index contributed by atoms with van der Waals surface area (Å²) in [5, 5.41) is 2.83. The monoisotopic (exact) mass is 455 g/mol. The van der Waals surface area contributed by atoms with E-state index in [2.05, 4.69) is 10.0 Å². The molecule has 0 aliphatic rings. The third kappa shape index (κ3) is 6.43. The van der Waals surface area contributed by atoms with Crippen LogP contribution >= 0.6 is 11.6 Å². The first-order chi connectivity index (χ1) is 13.8. The highest BCUT2D eigenvalue weighted by molar-refractivity contribution is 7.92. The van der Waals surface area contributed by atoms with Crippen molar-refractivity contribution in [3.63, 3.8) is 0 Å². The SMILES string of the molecule is CN(CC(=O)NC(C)(C)C)C(=O)c1ccc(Cl)c(NS(=O)(=O)c2ccc(F)cc2)c1. The van der Waals surface area contributed by atoms with Gasteiger partial charge in [-0.05, 0) is 63.2 Å². The summed E-state index contributed by atoms with van der Waals surface area (Å²) in [6.07, 6.45) is 0. The molecule has 0 aromatic heterocycles. The van der Waals surface area contributed by atoms with Crippen LogP contribution in [0.15, 0.2) is 47.4 Å². The maximum atomic E-state index is 13.1. The maximum Gasteiger partial charge on any atom is 0.261 e. The molecule has 0 unspecified atom stereocenters. The van der Waals surface area contributed by atoms with Crippen LogP contribution in [0.2, 0.25) is 5.02 Å². The molecule has 0 atom stereocenters. The first kappa shape index (κ1) is 23.6. The molecule has 2 amide bonds. The summed E-state index contributed by atoms with van der Waals surface area (Å²) >= 11 is 6.08. The highest BCUT2D eigenvalue weighted by Crippen LogP contribution is 2.26. The van der Waals surface area contributed by atoms with E-state index in [4.69, 9.17) is 11.6 Å². The first-order valence-electron chi connectivity index (χ1n) is 8.93. The topological polar surface area (TPSA) is 95.6 Å². The average molecular weight is 456 g/mol. The normalized spacial score (nSPS) is 11.7. The minimum Gasteiger partial charge on any atom is -0.350 e. The van der Waals surface area contributed by atoms with E-state index >= 15 is 0 Å². The lowest BCUT2D eigenvalue weighted by atomic mass is 10.1. The minimum absolute atomic E-state index is 0.0145. The number of benzene rings is 2. The van der Waals surface area contributed by atoms with Crippen LogP contribution in [0.1, 0.15) is 31.1 Å². The quantitative estimate of drug-likeness (QED) is 0.698. The Kier molecular flexibility index (Phi) is 7.10. The predicted octanol–water partition coefficient (Wildman–Crippen LogP) is 3.27. The van der Waals surface area contributed by atoms with E-state index in [-0.39, 0.29) is 33.6 Å². The number of nitrogens with one attached hydrogen (secondary N) is 2. The Balaban J connectivity index is 2.20. The van der Waals surface area contributed by atoms with E-state index in [0.29, 0.717) is 0 Å². The Hall–Kier alpha value is -2.65. The minimum atomic E-state index is -4.04. The summed E-state index contributed by atoms with van der Waals surface area (Å²) < 4.78 is 40.4. The van der Waals surface area contributed by atoms with Crippen LogP contribution in [-0.4, -0.2) is 44.3 Å². The molecule has 0 aliphatic heterocycles. The van der Waals surface area contributed by atoms with Crippen molar-refractivity contribution in [3.05, 3.63) is 58.9 Å². The van der Waals surface area contributed by atoms with Crippen molar-refractivity contribution in [1.82, 2.24) is 10.2 Å². The summed E-state index contributed by atoms with van der Waals surface area (Å²) in [5.41, 5.74) is -0.311. The van der Waals surface area contributed by atoms with Gasteiger partial charge < -0.3 is 10.2 Å². The summed E-state index contributed by atoms with van der Waals surface area (Å²) in [4.78, 5) is 25.8. The summed E-state index contributed by atoms with van der Waals surface area (Å²) in [6.45, 7) is 5.30. The second-order valence-corrected chi connectivity index (χ2v) is 9.80. The molecule has 0 fully saturated rings. The van der Waals surface area contributed by atoms with E-state index in [0.717, 1.165) is 24.3 Å². The molecular weight excluding hydrogens is 433 g/mol. The molecule has 2 aromatic rings. The fourth-order valence-electron chi connectivity index (χ4n) is 2.52. The van der Waals surface area contributed by atoms with Crippen LogP contribution < -0.4 is 10.0 Å². The van der Waals surface area contributed by atoms with Gasteiger partial charge in [-0.2, -0.15) is 0 Å². The highest BCUT2D eigenvalue weighted by atomic mass is 35.5. The third-order valence-electron chi connectivity index (χ3n) is 3.82. The third-order valence-corrected chi connectivity index (χ3v) is 5.53. The standard InChI is InChI=1S/C20H23ClFN3O4S/c1-20(2,3)23-18(26)12-25(4)19(27)13-5-10-16(21)17(11-13)24-30(28,29)15-8-6-14(22)7-9-15/h5-11,24H,12H2,1-4H3,(H,23,26).